The van der Waals surface area contributed by atoms with Gasteiger partial charge in [0.2, 0.25) is 5.83 Å². The molecule has 0 N–H and O–H groups in total. The highest BCUT2D eigenvalue weighted by Gasteiger charge is 2.08. The smallest absolute Gasteiger partial charge is 0.368 e. The van der Waals surface area contributed by atoms with Gasteiger partial charge in [0.15, 0.2) is 0 Å². The van der Waals surface area contributed by atoms with Crippen LogP contribution in [0, 0.1) is 0 Å². The average Bonchev–Trinajstić information content (AvgIpc) is 2.19. The van der Waals surface area contributed by atoms with Crippen LogP contribution in [0.25, 0.3) is 6.08 Å². The summed E-state index contributed by atoms with van der Waals surface area (Å²) in [7, 11) is 0. The average molecular weight is 259 g/mol. The lowest BCUT2D eigenvalue weighted by Crippen LogP contribution is -2.02. The Morgan fingerprint density at radius 1 is 1.43 bits per heavy atom. The van der Waals surface area contributed by atoms with Gasteiger partial charge in [-0.1, -0.05) is 30.3 Å². The number of hydrogen-bond donors (Lipinski definition) is 0. The van der Waals surface area contributed by atoms with E-state index >= 15 is 0 Å². The van der Waals surface area contributed by atoms with Crippen molar-refractivity contribution in [3.05, 3.63) is 41.7 Å². The molecule has 0 aliphatic rings. The lowest BCUT2D eigenvalue weighted by molar-refractivity contribution is -0.138. The minimum absolute atomic E-state index is 0.0120. The fraction of sp³-hybridized carbons (Fsp3) is 0.100. The Bertz CT molecular complexity index is 335. The van der Waals surface area contributed by atoms with Gasteiger partial charge in [-0.05, 0) is 27.6 Å². The maximum Gasteiger partial charge on any atom is 0.368 e. The summed E-state index contributed by atoms with van der Waals surface area (Å²) in [5, 5.41) is 0. The molecule has 0 unspecified atom stereocenters. The Hall–Kier alpha value is -1.16. The van der Waals surface area contributed by atoms with Crippen molar-refractivity contribution in [2.45, 2.75) is 0 Å². The predicted molar refractivity (Wildman–Crippen MR) is 55.4 cm³/mol. The van der Waals surface area contributed by atoms with E-state index < -0.39 is 11.8 Å². The number of benzene rings is 1. The number of halogens is 2. The van der Waals surface area contributed by atoms with Crippen LogP contribution in [0.15, 0.2) is 36.2 Å². The maximum atomic E-state index is 13.0. The van der Waals surface area contributed by atoms with Crippen molar-refractivity contribution in [3.63, 3.8) is 0 Å². The topological polar surface area (TPSA) is 26.3 Å². The molecule has 0 aliphatic carbocycles. The number of carbonyl (C=O) groups excluding carboxylic acids is 1. The first kappa shape index (κ1) is 10.9. The number of ether oxygens (including phenoxy) is 1. The monoisotopic (exact) mass is 258 g/mol. The van der Waals surface area contributed by atoms with Crippen molar-refractivity contribution in [2.24, 2.45) is 0 Å². The van der Waals surface area contributed by atoms with Crippen molar-refractivity contribution in [2.75, 3.05) is 5.52 Å². The summed E-state index contributed by atoms with van der Waals surface area (Å²) in [5.74, 6) is -1.87. The summed E-state index contributed by atoms with van der Waals surface area (Å²) in [5.41, 5.74) is 0.610. The molecule has 0 aromatic heterocycles. The molecular formula is C10H8BrFO2. The fourth-order valence-corrected chi connectivity index (χ4v) is 1.08. The van der Waals surface area contributed by atoms with E-state index in [1.54, 1.807) is 24.3 Å². The largest absolute Gasteiger partial charge is 0.449 e. The molecule has 0 fully saturated rings. The second kappa shape index (κ2) is 5.54. The zero-order valence-corrected chi connectivity index (χ0v) is 8.83. The summed E-state index contributed by atoms with van der Waals surface area (Å²) in [6, 6.07) is 8.72. The first-order chi connectivity index (χ1) is 6.74. The Morgan fingerprint density at radius 3 is 2.64 bits per heavy atom. The third-order valence-corrected chi connectivity index (χ3v) is 1.70. The molecule has 1 aromatic rings. The van der Waals surface area contributed by atoms with Crippen LogP contribution in [0.3, 0.4) is 0 Å². The normalized spacial score (nSPS) is 11.1. The standard InChI is InChI=1S/C10H8BrFO2/c11-7-14-10(13)9(12)6-8-4-2-1-3-5-8/h1-6H,7H2. The van der Waals surface area contributed by atoms with Gasteiger partial charge in [0, 0.05) is 0 Å². The highest BCUT2D eigenvalue weighted by molar-refractivity contribution is 9.09. The molecule has 1 rings (SSSR count). The lowest BCUT2D eigenvalue weighted by Gasteiger charge is -1.97. The highest BCUT2D eigenvalue weighted by Crippen LogP contribution is 2.09. The number of rotatable bonds is 3. The molecule has 0 saturated carbocycles. The summed E-state index contributed by atoms with van der Waals surface area (Å²) >= 11 is 2.87. The molecule has 4 heteroatoms. The SMILES string of the molecule is O=C(OCBr)C(F)=Cc1ccccc1. The molecule has 0 amide bonds. The number of esters is 1. The predicted octanol–water partition coefficient (Wildman–Crippen LogP) is 2.89. The molecule has 0 atom stereocenters. The van der Waals surface area contributed by atoms with Crippen LogP contribution in [-0.2, 0) is 9.53 Å². The van der Waals surface area contributed by atoms with E-state index in [0.717, 1.165) is 6.08 Å². The van der Waals surface area contributed by atoms with Crippen molar-refractivity contribution < 1.29 is 13.9 Å². The quantitative estimate of drug-likeness (QED) is 0.474. The van der Waals surface area contributed by atoms with Crippen molar-refractivity contribution >= 4 is 28.0 Å². The number of carbonyl (C=O) groups is 1. The van der Waals surface area contributed by atoms with Crippen LogP contribution in [0.4, 0.5) is 4.39 Å². The summed E-state index contributed by atoms with van der Waals surface area (Å²) in [6.07, 6.45) is 1.13. The number of alkyl halides is 1. The zero-order chi connectivity index (χ0) is 10.4. The van der Waals surface area contributed by atoms with Gasteiger partial charge in [-0.15, -0.1) is 0 Å². The second-order valence-electron chi connectivity index (χ2n) is 2.44. The zero-order valence-electron chi connectivity index (χ0n) is 7.24. The van der Waals surface area contributed by atoms with E-state index in [1.165, 1.54) is 0 Å². The van der Waals surface area contributed by atoms with Crippen molar-refractivity contribution in [1.82, 2.24) is 0 Å². The number of hydrogen-bond acceptors (Lipinski definition) is 2. The Labute approximate surface area is 89.5 Å². The molecule has 2 nitrogen and oxygen atoms in total. The van der Waals surface area contributed by atoms with Crippen LogP contribution in [-0.4, -0.2) is 11.5 Å². The second-order valence-corrected chi connectivity index (χ2v) is 2.90. The third kappa shape index (κ3) is 3.30. The van der Waals surface area contributed by atoms with Crippen LogP contribution in [0.1, 0.15) is 5.56 Å². The molecule has 0 saturated heterocycles. The van der Waals surface area contributed by atoms with Gasteiger partial charge in [-0.25, -0.2) is 4.79 Å². The van der Waals surface area contributed by atoms with Gasteiger partial charge >= 0.3 is 5.97 Å². The third-order valence-electron chi connectivity index (χ3n) is 1.47. The molecule has 0 aliphatic heterocycles. The first-order valence-corrected chi connectivity index (χ1v) is 5.01. The van der Waals surface area contributed by atoms with Gasteiger partial charge < -0.3 is 4.74 Å². The van der Waals surface area contributed by atoms with E-state index in [9.17, 15) is 9.18 Å². The molecule has 74 valence electrons. The molecule has 0 radical (unpaired) electrons. The van der Waals surface area contributed by atoms with Crippen molar-refractivity contribution in [3.8, 4) is 0 Å². The summed E-state index contributed by atoms with van der Waals surface area (Å²) < 4.78 is 17.4. The molecule has 0 bridgehead atoms. The molecular weight excluding hydrogens is 251 g/mol. The lowest BCUT2D eigenvalue weighted by atomic mass is 10.2. The Balaban J connectivity index is 2.74. The Kier molecular flexibility index (Phi) is 4.32. The molecule has 0 heterocycles. The van der Waals surface area contributed by atoms with Crippen LogP contribution in [0.5, 0.6) is 0 Å². The maximum absolute atomic E-state index is 13.0. The molecule has 0 spiro atoms. The molecule has 14 heavy (non-hydrogen) atoms. The fourth-order valence-electron chi connectivity index (χ4n) is 0.873. The first-order valence-electron chi connectivity index (χ1n) is 3.89. The summed E-state index contributed by atoms with van der Waals surface area (Å²) in [4.78, 5) is 10.9. The summed E-state index contributed by atoms with van der Waals surface area (Å²) in [6.45, 7) is 0. The van der Waals surface area contributed by atoms with E-state index in [4.69, 9.17) is 0 Å². The van der Waals surface area contributed by atoms with E-state index in [1.807, 2.05) is 6.07 Å². The minimum atomic E-state index is -0.967. The van der Waals surface area contributed by atoms with Gasteiger partial charge in [-0.2, -0.15) is 4.39 Å². The minimum Gasteiger partial charge on any atom is -0.449 e. The molecule has 1 aromatic carbocycles. The van der Waals surface area contributed by atoms with Gasteiger partial charge in [0.05, 0.1) is 0 Å². The van der Waals surface area contributed by atoms with E-state index in [-0.39, 0.29) is 5.52 Å². The van der Waals surface area contributed by atoms with Crippen LogP contribution < -0.4 is 0 Å². The Morgan fingerprint density at radius 2 is 2.07 bits per heavy atom. The van der Waals surface area contributed by atoms with E-state index in [0.29, 0.717) is 5.56 Å². The van der Waals surface area contributed by atoms with Crippen molar-refractivity contribution in [1.29, 1.82) is 0 Å². The van der Waals surface area contributed by atoms with E-state index in [2.05, 4.69) is 20.7 Å². The highest BCUT2D eigenvalue weighted by atomic mass is 79.9. The van der Waals surface area contributed by atoms with Gasteiger partial charge in [-0.3, -0.25) is 0 Å². The van der Waals surface area contributed by atoms with Crippen LogP contribution in [0.2, 0.25) is 0 Å². The van der Waals surface area contributed by atoms with Crippen LogP contribution >= 0.6 is 15.9 Å². The van der Waals surface area contributed by atoms with Gasteiger partial charge in [0.1, 0.15) is 5.52 Å². The van der Waals surface area contributed by atoms with Gasteiger partial charge in [0.25, 0.3) is 0 Å².